The number of nitrogen functional groups attached to an aromatic ring is 1. The van der Waals surface area contributed by atoms with Gasteiger partial charge in [0.2, 0.25) is 0 Å². The molecule has 0 amide bonds. The summed E-state index contributed by atoms with van der Waals surface area (Å²) in [6, 6.07) is 8.63. The third kappa shape index (κ3) is 3.57. The van der Waals surface area contributed by atoms with Crippen molar-refractivity contribution in [2.75, 3.05) is 52.0 Å². The number of fused-ring (bicyclic) bond motifs is 1. The van der Waals surface area contributed by atoms with Gasteiger partial charge in [-0.2, -0.15) is 0 Å². The Morgan fingerprint density at radius 3 is 2.72 bits per heavy atom. The maximum Gasteiger partial charge on any atom is 0.127 e. The number of nitrogens with two attached hydrogens (primary N) is 1. The minimum atomic E-state index is 0.662. The normalized spacial score (nSPS) is 18.8. The Labute approximate surface area is 148 Å². The molecule has 0 radical (unpaired) electrons. The molecule has 25 heavy (non-hydrogen) atoms. The number of hydrogen-bond donors (Lipinski definition) is 1. The van der Waals surface area contributed by atoms with Gasteiger partial charge in [0.1, 0.15) is 5.82 Å². The van der Waals surface area contributed by atoms with Crippen LogP contribution in [0.15, 0.2) is 35.3 Å². The first-order valence-electron chi connectivity index (χ1n) is 8.98. The summed E-state index contributed by atoms with van der Waals surface area (Å²) in [6.07, 6.45) is 4.89. The molecule has 5 heteroatoms. The van der Waals surface area contributed by atoms with Crippen molar-refractivity contribution in [2.45, 2.75) is 6.42 Å². The highest BCUT2D eigenvalue weighted by Crippen LogP contribution is 2.24. The number of benzene rings is 1. The van der Waals surface area contributed by atoms with Crippen LogP contribution in [0, 0.1) is 0 Å². The van der Waals surface area contributed by atoms with Crippen LogP contribution >= 0.6 is 0 Å². The van der Waals surface area contributed by atoms with E-state index in [4.69, 9.17) is 5.73 Å². The number of anilines is 1. The second-order valence-corrected chi connectivity index (χ2v) is 7.02. The number of aliphatic imine (C=N–C) groups is 1. The van der Waals surface area contributed by atoms with Gasteiger partial charge in [-0.05, 0) is 48.4 Å². The highest BCUT2D eigenvalue weighted by molar-refractivity contribution is 5.92. The summed E-state index contributed by atoms with van der Waals surface area (Å²) >= 11 is 0. The lowest BCUT2D eigenvalue weighted by molar-refractivity contribution is 0.155. The third-order valence-corrected chi connectivity index (χ3v) is 5.24. The number of pyridine rings is 1. The molecule has 1 aromatic heterocycles. The first-order valence-corrected chi connectivity index (χ1v) is 8.98. The minimum absolute atomic E-state index is 0.662. The van der Waals surface area contributed by atoms with Crippen LogP contribution in [0.25, 0.3) is 16.5 Å². The Bertz CT molecular complexity index is 831. The molecule has 0 bridgehead atoms. The maximum atomic E-state index is 6.25. The molecule has 5 nitrogen and oxygen atoms in total. The second kappa shape index (κ2) is 6.94. The number of piperazine rings is 1. The predicted molar refractivity (Wildman–Crippen MR) is 105 cm³/mol. The summed E-state index contributed by atoms with van der Waals surface area (Å²) in [4.78, 5) is 13.8. The lowest BCUT2D eigenvalue weighted by atomic mass is 10.0. The van der Waals surface area contributed by atoms with Crippen LogP contribution in [0.1, 0.15) is 11.1 Å². The van der Waals surface area contributed by atoms with E-state index in [1.54, 1.807) is 0 Å². The fourth-order valence-electron chi connectivity index (χ4n) is 3.51. The van der Waals surface area contributed by atoms with E-state index in [0.29, 0.717) is 5.82 Å². The topological polar surface area (TPSA) is 57.8 Å². The number of hydrogen-bond acceptors (Lipinski definition) is 5. The molecule has 2 aliphatic heterocycles. The van der Waals surface area contributed by atoms with Crippen molar-refractivity contribution < 1.29 is 0 Å². The van der Waals surface area contributed by atoms with Gasteiger partial charge in [-0.25, -0.2) is 4.98 Å². The number of rotatable bonds is 4. The van der Waals surface area contributed by atoms with Gasteiger partial charge in [0.15, 0.2) is 0 Å². The smallest absolute Gasteiger partial charge is 0.127 e. The highest BCUT2D eigenvalue weighted by Gasteiger charge is 2.14. The zero-order chi connectivity index (χ0) is 17.2. The molecule has 1 fully saturated rings. The number of nitrogens with zero attached hydrogens (tertiary/aromatic N) is 4. The minimum Gasteiger partial charge on any atom is -0.383 e. The second-order valence-electron chi connectivity index (χ2n) is 7.02. The summed E-state index contributed by atoms with van der Waals surface area (Å²) in [5.41, 5.74) is 10.8. The number of aromatic nitrogens is 1. The monoisotopic (exact) mass is 335 g/mol. The molecular formula is C20H25N5. The molecule has 2 aliphatic rings. The third-order valence-electron chi connectivity index (χ3n) is 5.24. The SMILES string of the molecule is CN1CCN(CCc2cc3ccc(C4=CC=NC4)cc3nc2N)CC1. The van der Waals surface area contributed by atoms with E-state index in [9.17, 15) is 0 Å². The Morgan fingerprint density at radius 1 is 1.12 bits per heavy atom. The molecule has 0 unspecified atom stereocenters. The number of likely N-dealkylation sites (N-methyl/N-ethyl adjacent to an activating group) is 1. The fraction of sp³-hybridized carbons (Fsp3) is 0.400. The van der Waals surface area contributed by atoms with Gasteiger partial charge in [0, 0.05) is 44.3 Å². The van der Waals surface area contributed by atoms with Crippen LogP contribution < -0.4 is 5.73 Å². The largest absolute Gasteiger partial charge is 0.383 e. The highest BCUT2D eigenvalue weighted by atomic mass is 15.2. The Balaban J connectivity index is 1.50. The van der Waals surface area contributed by atoms with E-state index < -0.39 is 0 Å². The fourth-order valence-corrected chi connectivity index (χ4v) is 3.51. The molecule has 2 N–H and O–H groups in total. The molecule has 3 heterocycles. The van der Waals surface area contributed by atoms with E-state index in [-0.39, 0.29) is 0 Å². The van der Waals surface area contributed by atoms with Crippen LogP contribution in [0.3, 0.4) is 0 Å². The van der Waals surface area contributed by atoms with E-state index in [0.717, 1.165) is 62.2 Å². The van der Waals surface area contributed by atoms with Gasteiger partial charge in [0.05, 0.1) is 12.1 Å². The van der Waals surface area contributed by atoms with Crippen LogP contribution in [0.5, 0.6) is 0 Å². The molecule has 0 atom stereocenters. The van der Waals surface area contributed by atoms with Crippen molar-refractivity contribution >= 4 is 28.5 Å². The van der Waals surface area contributed by atoms with E-state index in [1.165, 1.54) is 11.1 Å². The van der Waals surface area contributed by atoms with E-state index in [2.05, 4.69) is 57.2 Å². The van der Waals surface area contributed by atoms with Crippen molar-refractivity contribution in [3.63, 3.8) is 0 Å². The Kier molecular flexibility index (Phi) is 4.51. The van der Waals surface area contributed by atoms with Crippen LogP contribution in [-0.4, -0.2) is 67.3 Å². The van der Waals surface area contributed by atoms with Gasteiger partial charge < -0.3 is 15.5 Å². The molecule has 1 saturated heterocycles. The molecular weight excluding hydrogens is 310 g/mol. The molecule has 1 aromatic carbocycles. The van der Waals surface area contributed by atoms with Crippen LogP contribution in [0.4, 0.5) is 5.82 Å². The van der Waals surface area contributed by atoms with Crippen molar-refractivity contribution in [1.29, 1.82) is 0 Å². The molecule has 130 valence electrons. The Hall–Kier alpha value is -2.24. The average molecular weight is 335 g/mol. The molecule has 2 aromatic rings. The van der Waals surface area contributed by atoms with Crippen molar-refractivity contribution in [1.82, 2.24) is 14.8 Å². The van der Waals surface area contributed by atoms with Crippen LogP contribution in [-0.2, 0) is 6.42 Å². The zero-order valence-corrected chi connectivity index (χ0v) is 14.8. The van der Waals surface area contributed by atoms with E-state index in [1.807, 2.05) is 6.21 Å². The molecule has 4 rings (SSSR count). The molecule has 0 aliphatic carbocycles. The first kappa shape index (κ1) is 16.2. The maximum absolute atomic E-state index is 6.25. The summed E-state index contributed by atoms with van der Waals surface area (Å²) in [5, 5.41) is 1.16. The van der Waals surface area contributed by atoms with Gasteiger partial charge in [-0.1, -0.05) is 12.1 Å². The van der Waals surface area contributed by atoms with Crippen molar-refractivity contribution in [3.8, 4) is 0 Å². The van der Waals surface area contributed by atoms with Crippen molar-refractivity contribution in [3.05, 3.63) is 41.5 Å². The molecule has 0 saturated carbocycles. The average Bonchev–Trinajstić information content (AvgIpc) is 3.15. The van der Waals surface area contributed by atoms with Crippen LogP contribution in [0.2, 0.25) is 0 Å². The summed E-state index contributed by atoms with van der Waals surface area (Å²) in [6.45, 7) is 6.37. The van der Waals surface area contributed by atoms with Gasteiger partial charge in [-0.15, -0.1) is 0 Å². The van der Waals surface area contributed by atoms with Gasteiger partial charge in [0.25, 0.3) is 0 Å². The Morgan fingerprint density at radius 2 is 1.96 bits per heavy atom. The van der Waals surface area contributed by atoms with Crippen molar-refractivity contribution in [2.24, 2.45) is 4.99 Å². The summed E-state index contributed by atoms with van der Waals surface area (Å²) in [7, 11) is 2.19. The predicted octanol–water partition coefficient (Wildman–Crippen LogP) is 2.07. The zero-order valence-electron chi connectivity index (χ0n) is 14.8. The quantitative estimate of drug-likeness (QED) is 0.929. The standard InChI is InChI=1S/C20H25N5/c1-24-8-10-25(11-9-24)7-5-17-12-16-3-2-15(18-4-6-22-14-18)13-19(16)23-20(17)21/h2-4,6,12-13H,5,7-11,14H2,1H3,(H2,21,23). The first-order chi connectivity index (χ1) is 12.2. The van der Waals surface area contributed by atoms with Gasteiger partial charge >= 0.3 is 0 Å². The lowest BCUT2D eigenvalue weighted by Crippen LogP contribution is -2.45. The number of allylic oxidation sites excluding steroid dienone is 1. The summed E-state index contributed by atoms with van der Waals surface area (Å²) < 4.78 is 0. The van der Waals surface area contributed by atoms with Gasteiger partial charge in [-0.3, -0.25) is 4.99 Å². The molecule has 0 spiro atoms. The lowest BCUT2D eigenvalue weighted by Gasteiger charge is -2.32. The van der Waals surface area contributed by atoms with E-state index >= 15 is 0 Å². The summed E-state index contributed by atoms with van der Waals surface area (Å²) in [5.74, 6) is 0.662.